The van der Waals surface area contributed by atoms with E-state index in [1.54, 1.807) is 0 Å². The van der Waals surface area contributed by atoms with Crippen LogP contribution in [0.1, 0.15) is 46.0 Å². The Bertz CT molecular complexity index is 248. The second-order valence-electron chi connectivity index (χ2n) is 6.20. The normalized spacial score (nSPS) is 58.2. The molecular weight excluding hydrogens is 160 g/mol. The predicted octanol–water partition coefficient (Wildman–Crippen LogP) is 2.58. The number of hydrogen-bond acceptors (Lipinski definition) is 1. The molecule has 1 heteroatoms. The Morgan fingerprint density at radius 3 is 2.54 bits per heavy atom. The lowest BCUT2D eigenvalue weighted by Gasteiger charge is -2.39. The Kier molecular flexibility index (Phi) is 1.36. The minimum atomic E-state index is -0.240. The number of rotatable bonds is 1. The molecule has 4 rings (SSSR count). The molecule has 4 aliphatic rings. The van der Waals surface area contributed by atoms with E-state index in [1.165, 1.54) is 12.8 Å². The molecule has 1 nitrogen and oxygen atoms in total. The average molecular weight is 180 g/mol. The van der Waals surface area contributed by atoms with Crippen molar-refractivity contribution in [2.24, 2.45) is 23.2 Å². The molecule has 4 aliphatic carbocycles. The molecule has 0 radical (unpaired) electrons. The molecule has 0 aromatic heterocycles. The van der Waals surface area contributed by atoms with Crippen molar-refractivity contribution in [3.8, 4) is 0 Å². The molecule has 4 saturated carbocycles. The second kappa shape index (κ2) is 2.13. The third kappa shape index (κ3) is 0.869. The molecule has 4 atom stereocenters. The molecule has 13 heavy (non-hydrogen) atoms. The van der Waals surface area contributed by atoms with Gasteiger partial charge in [0.2, 0.25) is 0 Å². The zero-order chi connectivity index (χ0) is 9.27. The van der Waals surface area contributed by atoms with Gasteiger partial charge in [-0.3, -0.25) is 0 Å². The van der Waals surface area contributed by atoms with E-state index in [1.807, 2.05) is 0 Å². The summed E-state index contributed by atoms with van der Waals surface area (Å²) in [4.78, 5) is 0. The van der Waals surface area contributed by atoms with Gasteiger partial charge in [0, 0.05) is 0 Å². The first kappa shape index (κ1) is 8.28. The Morgan fingerprint density at radius 2 is 2.00 bits per heavy atom. The zero-order valence-electron chi connectivity index (χ0n) is 8.71. The van der Waals surface area contributed by atoms with Gasteiger partial charge in [-0.2, -0.15) is 0 Å². The first-order chi connectivity index (χ1) is 6.04. The quantitative estimate of drug-likeness (QED) is 0.657. The minimum absolute atomic E-state index is 0.240. The van der Waals surface area contributed by atoms with Gasteiger partial charge in [-0.25, -0.2) is 0 Å². The maximum Gasteiger partial charge on any atom is 0.0658 e. The van der Waals surface area contributed by atoms with Crippen LogP contribution in [0.5, 0.6) is 0 Å². The third-order valence-corrected chi connectivity index (χ3v) is 5.20. The van der Waals surface area contributed by atoms with Crippen LogP contribution >= 0.6 is 0 Å². The smallest absolute Gasteiger partial charge is 0.0658 e. The summed E-state index contributed by atoms with van der Waals surface area (Å²) in [6.45, 7) is 4.71. The fourth-order valence-corrected chi connectivity index (χ4v) is 4.83. The van der Waals surface area contributed by atoms with E-state index >= 15 is 0 Å². The molecule has 0 aromatic carbocycles. The molecule has 0 heterocycles. The van der Waals surface area contributed by atoms with Crippen molar-refractivity contribution in [1.82, 2.24) is 0 Å². The van der Waals surface area contributed by atoms with Crippen LogP contribution < -0.4 is 0 Å². The molecule has 4 fully saturated rings. The van der Waals surface area contributed by atoms with Crippen molar-refractivity contribution in [3.05, 3.63) is 0 Å². The highest BCUT2D eigenvalue weighted by Gasteiger charge is 2.64. The average Bonchev–Trinajstić information content (AvgIpc) is 2.33. The molecule has 4 bridgehead atoms. The SMILES string of the molecule is CC(C)C12CC3CC1CC(O)(C3)C2. The van der Waals surface area contributed by atoms with Crippen molar-refractivity contribution < 1.29 is 5.11 Å². The second-order valence-corrected chi connectivity index (χ2v) is 6.20. The van der Waals surface area contributed by atoms with E-state index in [0.29, 0.717) is 5.41 Å². The van der Waals surface area contributed by atoms with Crippen molar-refractivity contribution in [2.75, 3.05) is 0 Å². The van der Waals surface area contributed by atoms with E-state index in [-0.39, 0.29) is 5.60 Å². The van der Waals surface area contributed by atoms with E-state index in [9.17, 15) is 5.11 Å². The summed E-state index contributed by atoms with van der Waals surface area (Å²) in [7, 11) is 0. The van der Waals surface area contributed by atoms with Crippen LogP contribution in [-0.2, 0) is 0 Å². The maximum absolute atomic E-state index is 10.3. The lowest BCUT2D eigenvalue weighted by Crippen LogP contribution is -2.37. The highest BCUT2D eigenvalue weighted by molar-refractivity contribution is 5.14. The van der Waals surface area contributed by atoms with Gasteiger partial charge < -0.3 is 5.11 Å². The molecule has 0 amide bonds. The molecule has 0 spiro atoms. The van der Waals surface area contributed by atoms with Crippen LogP contribution in [0.2, 0.25) is 0 Å². The lowest BCUT2D eigenvalue weighted by atomic mass is 9.68. The van der Waals surface area contributed by atoms with E-state index in [0.717, 1.165) is 37.0 Å². The Hall–Kier alpha value is -0.0400. The van der Waals surface area contributed by atoms with Gasteiger partial charge in [0.15, 0.2) is 0 Å². The number of aliphatic hydroxyl groups is 1. The number of hydrogen-bond donors (Lipinski definition) is 1. The van der Waals surface area contributed by atoms with Crippen LogP contribution in [0.15, 0.2) is 0 Å². The van der Waals surface area contributed by atoms with Gasteiger partial charge in [0.05, 0.1) is 5.60 Å². The fourth-order valence-electron chi connectivity index (χ4n) is 4.83. The summed E-state index contributed by atoms with van der Waals surface area (Å²) < 4.78 is 0. The lowest BCUT2D eigenvalue weighted by molar-refractivity contribution is -0.0282. The predicted molar refractivity (Wildman–Crippen MR) is 52.3 cm³/mol. The van der Waals surface area contributed by atoms with Crippen molar-refractivity contribution >= 4 is 0 Å². The summed E-state index contributed by atoms with van der Waals surface area (Å²) in [5, 5.41) is 10.3. The summed E-state index contributed by atoms with van der Waals surface area (Å²) in [5.74, 6) is 2.49. The van der Waals surface area contributed by atoms with Crippen LogP contribution in [0.4, 0.5) is 0 Å². The van der Waals surface area contributed by atoms with Crippen LogP contribution in [0.25, 0.3) is 0 Å². The first-order valence-electron chi connectivity index (χ1n) is 5.76. The standard InChI is InChI=1S/C12H20O/c1-8(2)12-5-9-3-10(12)6-11(13,4-9)7-12/h8-10,13H,3-7H2,1-2H3. The van der Waals surface area contributed by atoms with Gasteiger partial charge in [-0.1, -0.05) is 13.8 Å². The molecule has 0 saturated heterocycles. The zero-order valence-corrected chi connectivity index (χ0v) is 8.71. The molecular formula is C12H20O. The monoisotopic (exact) mass is 180 g/mol. The van der Waals surface area contributed by atoms with Gasteiger partial charge in [-0.05, 0) is 55.3 Å². The highest BCUT2D eigenvalue weighted by atomic mass is 16.3. The molecule has 74 valence electrons. The first-order valence-corrected chi connectivity index (χ1v) is 5.76. The summed E-state index contributed by atoms with van der Waals surface area (Å²) >= 11 is 0. The summed E-state index contributed by atoms with van der Waals surface area (Å²) in [5.41, 5.74) is 0.299. The Balaban J connectivity index is 2.01. The highest BCUT2D eigenvalue weighted by Crippen LogP contribution is 2.69. The van der Waals surface area contributed by atoms with Gasteiger partial charge in [0.25, 0.3) is 0 Å². The van der Waals surface area contributed by atoms with E-state index in [4.69, 9.17) is 0 Å². The van der Waals surface area contributed by atoms with E-state index in [2.05, 4.69) is 13.8 Å². The van der Waals surface area contributed by atoms with Crippen LogP contribution in [0, 0.1) is 23.2 Å². The van der Waals surface area contributed by atoms with Gasteiger partial charge in [-0.15, -0.1) is 0 Å². The topological polar surface area (TPSA) is 20.2 Å². The van der Waals surface area contributed by atoms with Gasteiger partial charge in [0.1, 0.15) is 0 Å². The van der Waals surface area contributed by atoms with Gasteiger partial charge >= 0.3 is 0 Å². The van der Waals surface area contributed by atoms with Crippen LogP contribution in [0.3, 0.4) is 0 Å². The van der Waals surface area contributed by atoms with E-state index < -0.39 is 0 Å². The van der Waals surface area contributed by atoms with Crippen molar-refractivity contribution in [3.63, 3.8) is 0 Å². The Labute approximate surface area is 80.5 Å². The van der Waals surface area contributed by atoms with Crippen molar-refractivity contribution in [2.45, 2.75) is 51.6 Å². The molecule has 0 aliphatic heterocycles. The molecule has 1 N–H and O–H groups in total. The fraction of sp³-hybridized carbons (Fsp3) is 1.00. The summed E-state index contributed by atoms with van der Waals surface area (Å²) in [6.07, 6.45) is 6.16. The molecule has 0 aromatic rings. The summed E-state index contributed by atoms with van der Waals surface area (Å²) in [6, 6.07) is 0. The third-order valence-electron chi connectivity index (χ3n) is 5.20. The minimum Gasteiger partial charge on any atom is -0.390 e. The van der Waals surface area contributed by atoms with Crippen LogP contribution in [-0.4, -0.2) is 10.7 Å². The molecule has 4 unspecified atom stereocenters. The maximum atomic E-state index is 10.3. The Morgan fingerprint density at radius 1 is 1.23 bits per heavy atom. The largest absolute Gasteiger partial charge is 0.390 e. The van der Waals surface area contributed by atoms with Crippen molar-refractivity contribution in [1.29, 1.82) is 0 Å².